The number of ether oxygens (including phenoxy) is 1. The maximum Gasteiger partial charge on any atom is 0.161 e. The Morgan fingerprint density at radius 1 is 1.38 bits per heavy atom. The number of aromatic nitrogens is 3. The highest BCUT2D eigenvalue weighted by atomic mass is 16.5. The quantitative estimate of drug-likeness (QED) is 0.777. The molecule has 106 valence electrons. The molecule has 0 spiro atoms. The second-order valence-electron chi connectivity index (χ2n) is 5.53. The van der Waals surface area contributed by atoms with Crippen LogP contribution in [0.5, 0.6) is 0 Å². The molecule has 21 heavy (non-hydrogen) atoms. The van der Waals surface area contributed by atoms with E-state index < -0.39 is 0 Å². The number of methoxy groups -OCH3 is 1. The summed E-state index contributed by atoms with van der Waals surface area (Å²) in [6.45, 7) is 2.10. The number of aromatic amines is 1. The number of imidazole rings is 1. The van der Waals surface area contributed by atoms with Crippen molar-refractivity contribution in [2.75, 3.05) is 7.11 Å². The van der Waals surface area contributed by atoms with Crippen LogP contribution in [0.4, 0.5) is 0 Å². The van der Waals surface area contributed by atoms with E-state index in [1.54, 1.807) is 7.11 Å². The van der Waals surface area contributed by atoms with Crippen LogP contribution in [-0.2, 0) is 4.74 Å². The molecule has 1 aliphatic rings. The second-order valence-corrected chi connectivity index (χ2v) is 5.53. The lowest BCUT2D eigenvalue weighted by atomic mass is 9.97. The molecule has 0 radical (unpaired) electrons. The normalized spacial score (nSPS) is 18.4. The Morgan fingerprint density at radius 3 is 3.05 bits per heavy atom. The molecule has 1 unspecified atom stereocenters. The summed E-state index contributed by atoms with van der Waals surface area (Å²) in [5.74, 6) is 1.25. The van der Waals surface area contributed by atoms with Gasteiger partial charge in [0.05, 0.1) is 24.5 Å². The highest BCUT2D eigenvalue weighted by molar-refractivity contribution is 5.92. The number of hydrogen-bond donors (Lipinski definition) is 1. The summed E-state index contributed by atoms with van der Waals surface area (Å²) in [5.41, 5.74) is 4.46. The topological polar surface area (TPSA) is 42.3 Å². The summed E-state index contributed by atoms with van der Waals surface area (Å²) in [4.78, 5) is 4.82. The van der Waals surface area contributed by atoms with Gasteiger partial charge in [0, 0.05) is 11.3 Å². The van der Waals surface area contributed by atoms with Crippen LogP contribution in [0.1, 0.15) is 23.6 Å². The first kappa shape index (κ1) is 12.3. The van der Waals surface area contributed by atoms with Crippen molar-refractivity contribution in [2.24, 2.45) is 0 Å². The first-order valence-electron chi connectivity index (χ1n) is 7.14. The fraction of sp³-hybridized carbons (Fsp3) is 0.235. The van der Waals surface area contributed by atoms with Crippen LogP contribution >= 0.6 is 0 Å². The summed E-state index contributed by atoms with van der Waals surface area (Å²) in [5, 5.41) is 4.55. The zero-order valence-corrected chi connectivity index (χ0v) is 12.1. The van der Waals surface area contributed by atoms with Gasteiger partial charge in [0.25, 0.3) is 0 Å². The Kier molecular flexibility index (Phi) is 2.64. The molecule has 1 N–H and O–H groups in total. The largest absolute Gasteiger partial charge is 0.497 e. The maximum atomic E-state index is 5.23. The number of aryl methyl sites for hydroxylation is 1. The molecule has 0 amide bonds. The van der Waals surface area contributed by atoms with E-state index in [0.29, 0.717) is 5.92 Å². The van der Waals surface area contributed by atoms with Crippen molar-refractivity contribution in [3.63, 3.8) is 0 Å². The van der Waals surface area contributed by atoms with E-state index in [1.807, 2.05) is 10.6 Å². The Morgan fingerprint density at radius 2 is 2.29 bits per heavy atom. The Labute approximate surface area is 122 Å². The molecule has 0 saturated carbocycles. The molecular formula is C17H17N3O. The first-order chi connectivity index (χ1) is 10.2. The molecular weight excluding hydrogens is 262 g/mol. The molecule has 4 heteroatoms. The number of allylic oxidation sites excluding steroid dienone is 3. The highest BCUT2D eigenvalue weighted by Gasteiger charge is 2.16. The summed E-state index contributed by atoms with van der Waals surface area (Å²) >= 11 is 0. The molecule has 1 aliphatic carbocycles. The predicted molar refractivity (Wildman–Crippen MR) is 83.4 cm³/mol. The van der Waals surface area contributed by atoms with Gasteiger partial charge in [-0.3, -0.25) is 5.10 Å². The molecule has 0 bridgehead atoms. The lowest BCUT2D eigenvalue weighted by Crippen LogP contribution is -2.00. The van der Waals surface area contributed by atoms with Crippen molar-refractivity contribution in [3.05, 3.63) is 59.6 Å². The maximum absolute atomic E-state index is 5.23. The van der Waals surface area contributed by atoms with Crippen LogP contribution in [0.2, 0.25) is 0 Å². The number of benzene rings is 1. The average Bonchev–Trinajstić information content (AvgIpc) is 3.04. The van der Waals surface area contributed by atoms with Crippen LogP contribution in [0.25, 0.3) is 16.6 Å². The number of rotatable bonds is 2. The minimum Gasteiger partial charge on any atom is -0.497 e. The SMILES string of the molecule is COC1=CCC(c2cn3[nH]c4cc(C)ccc4c3n2)C=C1. The van der Waals surface area contributed by atoms with Crippen molar-refractivity contribution < 1.29 is 4.74 Å². The third-order valence-electron chi connectivity index (χ3n) is 4.06. The van der Waals surface area contributed by atoms with Crippen molar-refractivity contribution in [2.45, 2.75) is 19.3 Å². The van der Waals surface area contributed by atoms with Gasteiger partial charge in [0.2, 0.25) is 0 Å². The van der Waals surface area contributed by atoms with Gasteiger partial charge in [-0.2, -0.15) is 0 Å². The molecule has 1 aromatic carbocycles. The number of fused-ring (bicyclic) bond motifs is 3. The minimum absolute atomic E-state index is 0.317. The van der Waals surface area contributed by atoms with Gasteiger partial charge in [-0.1, -0.05) is 12.1 Å². The van der Waals surface area contributed by atoms with Gasteiger partial charge in [-0.05, 0) is 43.2 Å². The second kappa shape index (κ2) is 4.52. The zero-order valence-electron chi connectivity index (χ0n) is 12.1. The zero-order chi connectivity index (χ0) is 14.4. The van der Waals surface area contributed by atoms with E-state index in [-0.39, 0.29) is 0 Å². The smallest absolute Gasteiger partial charge is 0.161 e. The van der Waals surface area contributed by atoms with E-state index in [0.717, 1.165) is 29.0 Å². The van der Waals surface area contributed by atoms with Crippen LogP contribution in [0, 0.1) is 6.92 Å². The van der Waals surface area contributed by atoms with Gasteiger partial charge >= 0.3 is 0 Å². The van der Waals surface area contributed by atoms with Gasteiger partial charge in [-0.15, -0.1) is 0 Å². The molecule has 2 heterocycles. The molecule has 4 nitrogen and oxygen atoms in total. The summed E-state index contributed by atoms with van der Waals surface area (Å²) in [6.07, 6.45) is 9.30. The molecule has 0 saturated heterocycles. The summed E-state index contributed by atoms with van der Waals surface area (Å²) in [6, 6.07) is 6.41. The molecule has 4 rings (SSSR count). The lowest BCUT2D eigenvalue weighted by molar-refractivity contribution is 0.303. The van der Waals surface area contributed by atoms with E-state index in [1.165, 1.54) is 10.9 Å². The number of hydrogen-bond acceptors (Lipinski definition) is 2. The van der Waals surface area contributed by atoms with Gasteiger partial charge < -0.3 is 4.74 Å². The third kappa shape index (κ3) is 1.95. The van der Waals surface area contributed by atoms with Crippen LogP contribution < -0.4 is 0 Å². The van der Waals surface area contributed by atoms with Gasteiger partial charge in [-0.25, -0.2) is 9.50 Å². The monoisotopic (exact) mass is 279 g/mol. The first-order valence-corrected chi connectivity index (χ1v) is 7.14. The van der Waals surface area contributed by atoms with Crippen LogP contribution in [0.3, 0.4) is 0 Å². The van der Waals surface area contributed by atoms with E-state index in [2.05, 4.69) is 48.6 Å². The van der Waals surface area contributed by atoms with Crippen molar-refractivity contribution >= 4 is 16.6 Å². The van der Waals surface area contributed by atoms with Crippen molar-refractivity contribution in [1.82, 2.24) is 14.6 Å². The highest BCUT2D eigenvalue weighted by Crippen LogP contribution is 2.28. The van der Waals surface area contributed by atoms with E-state index in [9.17, 15) is 0 Å². The molecule has 2 aromatic heterocycles. The standard InChI is InChI=1S/C17H17N3O/c1-11-3-8-14-15(9-11)19-20-10-16(18-17(14)20)12-4-6-13(21-2)7-5-12/h3-4,6-10,12,19H,5H2,1-2H3. The lowest BCUT2D eigenvalue weighted by Gasteiger charge is -2.13. The molecule has 0 aliphatic heterocycles. The van der Waals surface area contributed by atoms with Gasteiger partial charge in [0.15, 0.2) is 5.65 Å². The van der Waals surface area contributed by atoms with E-state index in [4.69, 9.17) is 9.72 Å². The number of nitrogens with zero attached hydrogens (tertiary/aromatic N) is 2. The number of H-pyrrole nitrogens is 1. The third-order valence-corrected chi connectivity index (χ3v) is 4.06. The van der Waals surface area contributed by atoms with Crippen molar-refractivity contribution in [3.8, 4) is 0 Å². The van der Waals surface area contributed by atoms with E-state index >= 15 is 0 Å². The minimum atomic E-state index is 0.317. The summed E-state index contributed by atoms with van der Waals surface area (Å²) in [7, 11) is 1.70. The van der Waals surface area contributed by atoms with Gasteiger partial charge in [0.1, 0.15) is 5.76 Å². The Bertz CT molecular complexity index is 882. The Balaban J connectivity index is 1.75. The molecule has 1 atom stereocenters. The fourth-order valence-corrected chi connectivity index (χ4v) is 2.90. The fourth-order valence-electron chi connectivity index (χ4n) is 2.90. The van der Waals surface area contributed by atoms with Crippen LogP contribution in [0.15, 0.2) is 48.4 Å². The predicted octanol–water partition coefficient (Wildman–Crippen LogP) is 3.70. The molecule has 3 aromatic rings. The van der Waals surface area contributed by atoms with Crippen molar-refractivity contribution in [1.29, 1.82) is 0 Å². The Hall–Kier alpha value is -2.49. The molecule has 0 fully saturated rings. The average molecular weight is 279 g/mol. The summed E-state index contributed by atoms with van der Waals surface area (Å²) < 4.78 is 7.25. The number of nitrogens with one attached hydrogen (secondary N) is 1. The van der Waals surface area contributed by atoms with Crippen LogP contribution in [-0.4, -0.2) is 21.7 Å².